The van der Waals surface area contributed by atoms with Crippen molar-refractivity contribution in [1.29, 1.82) is 0 Å². The maximum absolute atomic E-state index is 12.8. The van der Waals surface area contributed by atoms with E-state index >= 15 is 0 Å². The Kier molecular flexibility index (Phi) is 5.36. The van der Waals surface area contributed by atoms with Gasteiger partial charge in [-0.25, -0.2) is 0 Å². The fraction of sp³-hybridized carbons (Fsp3) is 0.278. The van der Waals surface area contributed by atoms with E-state index in [1.165, 1.54) is 10.5 Å². The lowest BCUT2D eigenvalue weighted by molar-refractivity contribution is -0.137. The van der Waals surface area contributed by atoms with Crippen LogP contribution in [-0.2, 0) is 23.9 Å². The second-order valence-electron chi connectivity index (χ2n) is 6.12. The number of halogens is 4. The van der Waals surface area contributed by atoms with E-state index < -0.39 is 11.7 Å². The molecule has 0 aliphatic heterocycles. The highest BCUT2D eigenvalue weighted by Crippen LogP contribution is 2.29. The highest BCUT2D eigenvalue weighted by Gasteiger charge is 2.31. The lowest BCUT2D eigenvalue weighted by atomic mass is 10.1. The summed E-state index contributed by atoms with van der Waals surface area (Å²) in [4.78, 5) is 12.0. The minimum Gasteiger partial charge on any atom is -0.349 e. The van der Waals surface area contributed by atoms with E-state index in [2.05, 4.69) is 15.5 Å². The van der Waals surface area contributed by atoms with Gasteiger partial charge in [0.1, 0.15) is 0 Å². The van der Waals surface area contributed by atoms with Crippen molar-refractivity contribution in [2.24, 2.45) is 0 Å². The molecule has 1 amide bonds. The molecule has 1 aromatic carbocycles. The monoisotopic (exact) mass is 396 g/mol. The first-order valence-corrected chi connectivity index (χ1v) is 8.54. The van der Waals surface area contributed by atoms with E-state index in [4.69, 9.17) is 11.6 Å². The van der Waals surface area contributed by atoms with Crippen molar-refractivity contribution >= 4 is 23.2 Å². The smallest absolute Gasteiger partial charge is 0.349 e. The zero-order valence-corrected chi connectivity index (χ0v) is 15.1. The van der Waals surface area contributed by atoms with Crippen LogP contribution in [0.5, 0.6) is 0 Å². The van der Waals surface area contributed by atoms with Gasteiger partial charge in [0.05, 0.1) is 12.1 Å². The van der Waals surface area contributed by atoms with Crippen LogP contribution in [0.15, 0.2) is 36.5 Å². The quantitative estimate of drug-likeness (QED) is 0.710. The zero-order valence-electron chi connectivity index (χ0n) is 14.3. The summed E-state index contributed by atoms with van der Waals surface area (Å²) >= 11 is 6.06. The lowest BCUT2D eigenvalue weighted by Crippen LogP contribution is -2.24. The van der Waals surface area contributed by atoms with Crippen LogP contribution in [-0.4, -0.2) is 20.5 Å². The molecule has 0 saturated heterocycles. The Morgan fingerprint density at radius 3 is 2.70 bits per heavy atom. The van der Waals surface area contributed by atoms with Crippen molar-refractivity contribution in [3.05, 3.63) is 64.1 Å². The summed E-state index contributed by atoms with van der Waals surface area (Å²) in [6.45, 7) is 1.88. The molecule has 142 valence electrons. The number of aryl methyl sites for hydroxylation is 2. The average molecular weight is 397 g/mol. The van der Waals surface area contributed by atoms with Crippen LogP contribution in [0, 0.1) is 6.92 Å². The number of rotatable bonds is 5. The molecule has 0 unspecified atom stereocenters. The molecule has 0 aliphatic carbocycles. The molecule has 0 bridgehead atoms. The molecule has 0 radical (unpaired) electrons. The van der Waals surface area contributed by atoms with Crippen molar-refractivity contribution in [3.63, 3.8) is 0 Å². The summed E-state index contributed by atoms with van der Waals surface area (Å²) in [6.07, 6.45) is -2.81. The molecule has 3 aromatic rings. The van der Waals surface area contributed by atoms with Gasteiger partial charge in [0.25, 0.3) is 0 Å². The first kappa shape index (κ1) is 19.2. The van der Waals surface area contributed by atoms with Gasteiger partial charge in [-0.2, -0.15) is 13.2 Å². The summed E-state index contributed by atoms with van der Waals surface area (Å²) in [5, 5.41) is 11.0. The van der Waals surface area contributed by atoms with Crippen molar-refractivity contribution < 1.29 is 18.0 Å². The first-order valence-electron chi connectivity index (χ1n) is 8.16. The molecule has 0 spiro atoms. The van der Waals surface area contributed by atoms with Gasteiger partial charge in [-0.3, -0.25) is 9.20 Å². The summed E-state index contributed by atoms with van der Waals surface area (Å²) in [6, 6.07) is 7.78. The van der Waals surface area contributed by atoms with E-state index in [0.717, 1.165) is 23.4 Å². The summed E-state index contributed by atoms with van der Waals surface area (Å²) in [5.74, 6) is -0.0155. The molecule has 2 heterocycles. The number of benzene rings is 1. The van der Waals surface area contributed by atoms with E-state index in [0.29, 0.717) is 11.4 Å². The number of fused-ring (bicyclic) bond motifs is 1. The Bertz CT molecular complexity index is 984. The van der Waals surface area contributed by atoms with Gasteiger partial charge in [-0.1, -0.05) is 23.7 Å². The predicted octanol–water partition coefficient (Wildman–Crippen LogP) is 3.96. The molecule has 0 saturated carbocycles. The largest absolute Gasteiger partial charge is 0.417 e. The number of nitrogens with one attached hydrogen (secondary N) is 1. The molecular weight excluding hydrogens is 381 g/mol. The van der Waals surface area contributed by atoms with Gasteiger partial charge in [0.15, 0.2) is 11.5 Å². The van der Waals surface area contributed by atoms with Crippen LogP contribution < -0.4 is 5.32 Å². The van der Waals surface area contributed by atoms with E-state index in [9.17, 15) is 18.0 Å². The number of pyridine rings is 1. The molecule has 5 nitrogen and oxygen atoms in total. The maximum Gasteiger partial charge on any atom is 0.417 e. The third-order valence-electron chi connectivity index (χ3n) is 4.12. The third-order valence-corrected chi connectivity index (χ3v) is 4.53. The third kappa shape index (κ3) is 4.57. The number of carbonyl (C=O) groups is 1. The number of aromatic nitrogens is 3. The van der Waals surface area contributed by atoms with E-state index in [1.807, 2.05) is 25.1 Å². The van der Waals surface area contributed by atoms with Crippen LogP contribution >= 0.6 is 11.6 Å². The molecule has 3 rings (SSSR count). The van der Waals surface area contributed by atoms with Crippen LogP contribution in [0.2, 0.25) is 5.02 Å². The highest BCUT2D eigenvalue weighted by molar-refractivity contribution is 6.31. The molecule has 1 N–H and O–H groups in total. The lowest BCUT2D eigenvalue weighted by Gasteiger charge is -2.08. The topological polar surface area (TPSA) is 59.3 Å². The second-order valence-corrected chi connectivity index (χ2v) is 6.53. The van der Waals surface area contributed by atoms with Gasteiger partial charge < -0.3 is 5.32 Å². The second kappa shape index (κ2) is 7.56. The Morgan fingerprint density at radius 1 is 1.22 bits per heavy atom. The SMILES string of the molecule is Cc1ccc(CCC(=O)NCc2nnc3ccc(C(F)(F)F)cn23)cc1Cl. The van der Waals surface area contributed by atoms with Gasteiger partial charge in [-0.05, 0) is 42.7 Å². The maximum atomic E-state index is 12.8. The average Bonchev–Trinajstić information content (AvgIpc) is 3.02. The molecule has 2 aromatic heterocycles. The Hall–Kier alpha value is -2.61. The molecule has 0 fully saturated rings. The van der Waals surface area contributed by atoms with Gasteiger partial charge in [0.2, 0.25) is 5.91 Å². The minimum absolute atomic E-state index is 0.0179. The highest BCUT2D eigenvalue weighted by atomic mass is 35.5. The summed E-state index contributed by atoms with van der Waals surface area (Å²) < 4.78 is 39.8. The number of hydrogen-bond donors (Lipinski definition) is 1. The minimum atomic E-state index is -4.46. The number of amides is 1. The van der Waals surface area contributed by atoms with Crippen LogP contribution in [0.4, 0.5) is 13.2 Å². The molecule has 9 heteroatoms. The molecule has 27 heavy (non-hydrogen) atoms. The van der Waals surface area contributed by atoms with Crippen molar-refractivity contribution in [2.45, 2.75) is 32.5 Å². The van der Waals surface area contributed by atoms with E-state index in [1.54, 1.807) is 0 Å². The molecular formula is C18H16ClF3N4O. The number of nitrogens with zero attached hydrogens (tertiary/aromatic N) is 3. The molecule has 0 aliphatic rings. The Morgan fingerprint density at radius 2 is 2.00 bits per heavy atom. The van der Waals surface area contributed by atoms with Crippen molar-refractivity contribution in [3.8, 4) is 0 Å². The van der Waals surface area contributed by atoms with Crippen LogP contribution in [0.1, 0.15) is 28.9 Å². The first-order chi connectivity index (χ1) is 12.7. The van der Waals surface area contributed by atoms with Gasteiger partial charge in [-0.15, -0.1) is 10.2 Å². The van der Waals surface area contributed by atoms with Gasteiger partial charge >= 0.3 is 6.18 Å². The number of alkyl halides is 3. The normalized spacial score (nSPS) is 11.7. The predicted molar refractivity (Wildman–Crippen MR) is 94.3 cm³/mol. The standard InChI is InChI=1S/C18H16ClF3N4O/c1-11-2-3-12(8-14(11)19)4-7-17(27)23-9-16-25-24-15-6-5-13(10-26(15)16)18(20,21)22/h2-3,5-6,8,10H,4,7,9H2,1H3,(H,23,27). The number of hydrogen-bond acceptors (Lipinski definition) is 3. The fourth-order valence-corrected chi connectivity index (χ4v) is 2.75. The number of carbonyl (C=O) groups excluding carboxylic acids is 1. The fourth-order valence-electron chi connectivity index (χ4n) is 2.54. The van der Waals surface area contributed by atoms with Crippen molar-refractivity contribution in [2.75, 3.05) is 0 Å². The Balaban J connectivity index is 1.62. The zero-order chi connectivity index (χ0) is 19.6. The van der Waals surface area contributed by atoms with Crippen LogP contribution in [0.25, 0.3) is 5.65 Å². The van der Waals surface area contributed by atoms with Crippen LogP contribution in [0.3, 0.4) is 0 Å². The Labute approximate surface area is 158 Å². The van der Waals surface area contributed by atoms with E-state index in [-0.39, 0.29) is 30.3 Å². The summed E-state index contributed by atoms with van der Waals surface area (Å²) in [5.41, 5.74) is 1.37. The van der Waals surface area contributed by atoms with Gasteiger partial charge in [0, 0.05) is 17.6 Å². The molecule has 0 atom stereocenters. The van der Waals surface area contributed by atoms with Crippen molar-refractivity contribution in [1.82, 2.24) is 19.9 Å². The summed E-state index contributed by atoms with van der Waals surface area (Å²) in [7, 11) is 0.